The Labute approximate surface area is 138 Å². The van der Waals surface area contributed by atoms with Crippen molar-refractivity contribution in [2.45, 2.75) is 20.0 Å². The van der Waals surface area contributed by atoms with E-state index in [9.17, 15) is 0 Å². The van der Waals surface area contributed by atoms with E-state index >= 15 is 0 Å². The van der Waals surface area contributed by atoms with Crippen LogP contribution in [-0.2, 0) is 24.9 Å². The highest BCUT2D eigenvalue weighted by atomic mass is 32.1. The van der Waals surface area contributed by atoms with Crippen LogP contribution < -0.4 is 5.32 Å². The van der Waals surface area contributed by atoms with Gasteiger partial charge in [-0.05, 0) is 13.0 Å². The molecule has 0 amide bonds. The molecule has 23 heavy (non-hydrogen) atoms. The van der Waals surface area contributed by atoms with Crippen molar-refractivity contribution in [3.05, 3.63) is 35.9 Å². The van der Waals surface area contributed by atoms with Gasteiger partial charge in [-0.2, -0.15) is 10.2 Å². The largest absolute Gasteiger partial charge is 0.383 e. The van der Waals surface area contributed by atoms with Crippen LogP contribution in [0, 0.1) is 6.92 Å². The Hall–Kier alpha value is -2.19. The summed E-state index contributed by atoms with van der Waals surface area (Å²) in [7, 11) is 3.60. The van der Waals surface area contributed by atoms with Crippen molar-refractivity contribution in [3.63, 3.8) is 0 Å². The molecule has 0 aliphatic heterocycles. The van der Waals surface area contributed by atoms with Gasteiger partial charge in [0.2, 0.25) is 0 Å². The van der Waals surface area contributed by atoms with Gasteiger partial charge in [-0.1, -0.05) is 11.3 Å². The molecule has 3 aromatic rings. The summed E-state index contributed by atoms with van der Waals surface area (Å²) in [6.07, 6.45) is 5.81. The molecule has 0 radical (unpaired) electrons. The van der Waals surface area contributed by atoms with Crippen molar-refractivity contribution in [2.24, 2.45) is 7.05 Å². The first-order valence-corrected chi connectivity index (χ1v) is 8.19. The second-order valence-corrected chi connectivity index (χ2v) is 6.27. The molecule has 3 rings (SSSR count). The van der Waals surface area contributed by atoms with Crippen molar-refractivity contribution in [2.75, 3.05) is 19.0 Å². The normalized spacial score (nSPS) is 11.1. The van der Waals surface area contributed by atoms with Gasteiger partial charge in [0.25, 0.3) is 0 Å². The van der Waals surface area contributed by atoms with E-state index in [0.717, 1.165) is 33.5 Å². The maximum atomic E-state index is 5.08. The van der Waals surface area contributed by atoms with Crippen molar-refractivity contribution in [1.29, 1.82) is 0 Å². The lowest BCUT2D eigenvalue weighted by molar-refractivity contribution is 0.183. The molecular formula is C15H20N6OS. The zero-order chi connectivity index (χ0) is 16.2. The van der Waals surface area contributed by atoms with Gasteiger partial charge in [-0.25, -0.2) is 4.98 Å². The molecule has 3 heterocycles. The van der Waals surface area contributed by atoms with Crippen LogP contribution in [0.2, 0.25) is 0 Å². The van der Waals surface area contributed by atoms with Crippen LogP contribution in [-0.4, -0.2) is 38.3 Å². The maximum Gasteiger partial charge on any atom is 0.183 e. The van der Waals surface area contributed by atoms with E-state index in [4.69, 9.17) is 4.74 Å². The average molecular weight is 332 g/mol. The minimum atomic E-state index is 0.653. The fourth-order valence-electron chi connectivity index (χ4n) is 2.24. The lowest BCUT2D eigenvalue weighted by Crippen LogP contribution is -2.04. The number of aryl methyl sites for hydroxylation is 2. The number of thiazole rings is 1. The van der Waals surface area contributed by atoms with E-state index in [2.05, 4.69) is 20.5 Å². The van der Waals surface area contributed by atoms with Crippen molar-refractivity contribution in [1.82, 2.24) is 24.5 Å². The quantitative estimate of drug-likeness (QED) is 0.719. The summed E-state index contributed by atoms with van der Waals surface area (Å²) in [5, 5.41) is 13.0. The Morgan fingerprint density at radius 1 is 1.39 bits per heavy atom. The summed E-state index contributed by atoms with van der Waals surface area (Å²) in [5.74, 6) is 0. The number of nitrogens with zero attached hydrogens (tertiary/aromatic N) is 5. The number of aromatic nitrogens is 5. The lowest BCUT2D eigenvalue weighted by atomic mass is 10.3. The molecule has 0 unspecified atom stereocenters. The lowest BCUT2D eigenvalue weighted by Gasteiger charge is -1.99. The van der Waals surface area contributed by atoms with Gasteiger partial charge in [-0.15, -0.1) is 0 Å². The van der Waals surface area contributed by atoms with E-state index < -0.39 is 0 Å². The van der Waals surface area contributed by atoms with Crippen molar-refractivity contribution >= 4 is 16.5 Å². The molecule has 0 spiro atoms. The monoisotopic (exact) mass is 332 g/mol. The Bertz CT molecular complexity index is 775. The third-order valence-electron chi connectivity index (χ3n) is 3.40. The van der Waals surface area contributed by atoms with Crippen LogP contribution in [0.1, 0.15) is 11.3 Å². The molecule has 8 heteroatoms. The fraction of sp³-hybridized carbons (Fsp3) is 0.400. The minimum absolute atomic E-state index is 0.653. The first-order chi connectivity index (χ1) is 11.2. The highest BCUT2D eigenvalue weighted by Crippen LogP contribution is 2.31. The molecule has 0 aliphatic carbocycles. The van der Waals surface area contributed by atoms with Gasteiger partial charge in [0.15, 0.2) is 5.13 Å². The van der Waals surface area contributed by atoms with Gasteiger partial charge in [0, 0.05) is 38.7 Å². The Kier molecular flexibility index (Phi) is 4.73. The summed E-state index contributed by atoms with van der Waals surface area (Å²) >= 11 is 1.62. The summed E-state index contributed by atoms with van der Waals surface area (Å²) in [5.41, 5.74) is 3.07. The molecule has 0 fully saturated rings. The minimum Gasteiger partial charge on any atom is -0.383 e. The summed E-state index contributed by atoms with van der Waals surface area (Å²) in [6, 6.07) is 2.01. The van der Waals surface area contributed by atoms with Gasteiger partial charge >= 0.3 is 0 Å². The maximum absolute atomic E-state index is 5.08. The topological polar surface area (TPSA) is 69.8 Å². The van der Waals surface area contributed by atoms with E-state index in [1.54, 1.807) is 23.1 Å². The summed E-state index contributed by atoms with van der Waals surface area (Å²) < 4.78 is 8.76. The number of hydrogen-bond acceptors (Lipinski definition) is 6. The Balaban J connectivity index is 1.69. The van der Waals surface area contributed by atoms with E-state index in [1.807, 2.05) is 43.3 Å². The summed E-state index contributed by atoms with van der Waals surface area (Å²) in [4.78, 5) is 5.68. The smallest absolute Gasteiger partial charge is 0.183 e. The van der Waals surface area contributed by atoms with E-state index in [-0.39, 0.29) is 0 Å². The first-order valence-electron chi connectivity index (χ1n) is 7.37. The molecule has 3 aromatic heterocycles. The van der Waals surface area contributed by atoms with Crippen molar-refractivity contribution in [3.8, 4) is 10.6 Å². The molecular weight excluding hydrogens is 312 g/mol. The van der Waals surface area contributed by atoms with E-state index in [1.165, 1.54) is 0 Å². The highest BCUT2D eigenvalue weighted by Gasteiger charge is 2.12. The van der Waals surface area contributed by atoms with Gasteiger partial charge in [0.1, 0.15) is 5.69 Å². The zero-order valence-corrected chi connectivity index (χ0v) is 14.3. The predicted molar refractivity (Wildman–Crippen MR) is 90.5 cm³/mol. The molecule has 7 nitrogen and oxygen atoms in total. The Morgan fingerprint density at radius 2 is 2.26 bits per heavy atom. The molecule has 0 saturated heterocycles. The van der Waals surface area contributed by atoms with Crippen LogP contribution in [0.3, 0.4) is 0 Å². The highest BCUT2D eigenvalue weighted by molar-refractivity contribution is 7.19. The SMILES string of the molecule is COCCn1ccc(-c2sc(NCc3cnn(C)c3)nc2C)n1. The van der Waals surface area contributed by atoms with Crippen LogP contribution in [0.5, 0.6) is 0 Å². The molecule has 0 atom stereocenters. The second kappa shape index (κ2) is 6.93. The van der Waals surface area contributed by atoms with Crippen LogP contribution >= 0.6 is 11.3 Å². The fourth-order valence-corrected chi connectivity index (χ4v) is 3.17. The number of ether oxygens (including phenoxy) is 1. The van der Waals surface area contributed by atoms with E-state index in [0.29, 0.717) is 13.2 Å². The number of nitrogens with one attached hydrogen (secondary N) is 1. The summed E-state index contributed by atoms with van der Waals surface area (Å²) in [6.45, 7) is 4.12. The molecule has 0 bridgehead atoms. The number of methoxy groups -OCH3 is 1. The number of anilines is 1. The molecule has 0 saturated carbocycles. The number of hydrogen-bond donors (Lipinski definition) is 1. The third-order valence-corrected chi connectivity index (χ3v) is 4.53. The standard InChI is InChI=1S/C15H20N6OS/c1-11-14(13-4-5-21(19-13)6-7-22-3)23-15(18-11)16-8-12-9-17-20(2)10-12/h4-5,9-10H,6-8H2,1-3H3,(H,16,18). The van der Waals surface area contributed by atoms with Crippen LogP contribution in [0.25, 0.3) is 10.6 Å². The molecule has 0 aromatic carbocycles. The molecule has 122 valence electrons. The van der Waals surface area contributed by atoms with Gasteiger partial charge in [0.05, 0.1) is 29.9 Å². The molecule has 0 aliphatic rings. The van der Waals surface area contributed by atoms with Gasteiger partial charge in [-0.3, -0.25) is 9.36 Å². The zero-order valence-electron chi connectivity index (χ0n) is 13.5. The van der Waals surface area contributed by atoms with Crippen LogP contribution in [0.4, 0.5) is 5.13 Å². The number of rotatable bonds is 7. The first kappa shape index (κ1) is 15.7. The van der Waals surface area contributed by atoms with Gasteiger partial charge < -0.3 is 10.1 Å². The van der Waals surface area contributed by atoms with Crippen molar-refractivity contribution < 1.29 is 4.74 Å². The predicted octanol–water partition coefficient (Wildman–Crippen LogP) is 2.31. The molecule has 1 N–H and O–H groups in total. The average Bonchev–Trinajstić information content (AvgIpc) is 3.23. The Morgan fingerprint density at radius 3 is 3.00 bits per heavy atom. The second-order valence-electron chi connectivity index (χ2n) is 5.27. The van der Waals surface area contributed by atoms with Crippen LogP contribution in [0.15, 0.2) is 24.7 Å². The third kappa shape index (κ3) is 3.77.